The van der Waals surface area contributed by atoms with Crippen LogP contribution >= 0.6 is 0 Å². The monoisotopic (exact) mass is 391 g/mol. The molecule has 2 aliphatic rings. The average Bonchev–Trinajstić information content (AvgIpc) is 2.82. The molecule has 0 N–H and O–H groups in total. The van der Waals surface area contributed by atoms with E-state index in [1.165, 1.54) is 11.1 Å². The molecule has 5 rings (SSSR count). The molecule has 1 heterocycles. The highest BCUT2D eigenvalue weighted by atomic mass is 16.5. The maximum absolute atomic E-state index is 6.39. The smallest absolute Gasteiger partial charge is 0.151 e. The van der Waals surface area contributed by atoms with Crippen LogP contribution in [-0.4, -0.2) is 0 Å². The Hall–Kier alpha value is -3.52. The summed E-state index contributed by atoms with van der Waals surface area (Å²) in [6.07, 6.45) is 9.36. The van der Waals surface area contributed by atoms with Crippen LogP contribution in [0.1, 0.15) is 25.0 Å². The number of ether oxygens (including phenoxy) is 1. The third-order valence-electron chi connectivity index (χ3n) is 6.15. The Bertz CT molecular complexity index is 1180. The Morgan fingerprint density at radius 2 is 1.63 bits per heavy atom. The van der Waals surface area contributed by atoms with Gasteiger partial charge in [0, 0.05) is 11.1 Å². The molecule has 1 aliphatic heterocycles. The van der Waals surface area contributed by atoms with E-state index in [-0.39, 0.29) is 5.41 Å². The normalized spacial score (nSPS) is 18.6. The van der Waals surface area contributed by atoms with Gasteiger partial charge in [0.1, 0.15) is 0 Å². The second kappa shape index (κ2) is 7.07. The molecule has 148 valence electrons. The fourth-order valence-corrected chi connectivity index (χ4v) is 4.36. The van der Waals surface area contributed by atoms with E-state index in [4.69, 9.17) is 4.74 Å². The molecule has 30 heavy (non-hydrogen) atoms. The van der Waals surface area contributed by atoms with Gasteiger partial charge >= 0.3 is 0 Å². The second-order valence-electron chi connectivity index (χ2n) is 8.32. The molecular weight excluding hydrogens is 366 g/mol. The predicted molar refractivity (Wildman–Crippen MR) is 125 cm³/mol. The summed E-state index contributed by atoms with van der Waals surface area (Å²) >= 11 is 0. The van der Waals surface area contributed by atoms with Gasteiger partial charge in [0.05, 0.1) is 11.4 Å². The molecule has 2 nitrogen and oxygen atoms in total. The van der Waals surface area contributed by atoms with E-state index in [1.54, 1.807) is 0 Å². The molecule has 0 radical (unpaired) electrons. The van der Waals surface area contributed by atoms with Gasteiger partial charge < -0.3 is 9.64 Å². The molecule has 1 aliphatic carbocycles. The van der Waals surface area contributed by atoms with Crippen molar-refractivity contribution in [3.05, 3.63) is 114 Å². The highest BCUT2D eigenvalue weighted by Gasteiger charge is 2.33. The summed E-state index contributed by atoms with van der Waals surface area (Å²) in [4.78, 5) is 2.34. The number of benzene rings is 3. The van der Waals surface area contributed by atoms with Crippen LogP contribution in [0.15, 0.2) is 103 Å². The number of hydrogen-bond acceptors (Lipinski definition) is 2. The van der Waals surface area contributed by atoms with Crippen molar-refractivity contribution >= 4 is 17.1 Å². The van der Waals surface area contributed by atoms with Crippen LogP contribution in [-0.2, 0) is 11.8 Å². The molecule has 0 unspecified atom stereocenters. The molecule has 0 fully saturated rings. The summed E-state index contributed by atoms with van der Waals surface area (Å²) in [5.41, 5.74) is 6.77. The zero-order valence-corrected chi connectivity index (χ0v) is 17.4. The number of hydrogen-bond donors (Lipinski definition) is 0. The van der Waals surface area contributed by atoms with Gasteiger partial charge in [-0.1, -0.05) is 81.1 Å². The maximum atomic E-state index is 6.39. The Morgan fingerprint density at radius 3 is 2.47 bits per heavy atom. The lowest BCUT2D eigenvalue weighted by Gasteiger charge is -2.37. The molecule has 0 amide bonds. The third-order valence-corrected chi connectivity index (χ3v) is 6.15. The molecule has 0 atom stereocenters. The largest absolute Gasteiger partial charge is 0.453 e. The van der Waals surface area contributed by atoms with Gasteiger partial charge in [-0.05, 0) is 53.5 Å². The molecular formula is C28H25NO. The van der Waals surface area contributed by atoms with Crippen molar-refractivity contribution in [3.8, 4) is 11.5 Å². The van der Waals surface area contributed by atoms with Crippen molar-refractivity contribution in [2.75, 3.05) is 4.90 Å². The minimum atomic E-state index is -0.188. The zero-order valence-electron chi connectivity index (χ0n) is 17.4. The van der Waals surface area contributed by atoms with Gasteiger partial charge in [-0.15, -0.1) is 0 Å². The molecule has 0 spiro atoms. The highest BCUT2D eigenvalue weighted by Crippen LogP contribution is 2.54. The van der Waals surface area contributed by atoms with Crippen LogP contribution in [0.5, 0.6) is 11.5 Å². The molecule has 0 aromatic heterocycles. The zero-order chi connectivity index (χ0) is 20.7. The van der Waals surface area contributed by atoms with Crippen molar-refractivity contribution < 1.29 is 4.74 Å². The van der Waals surface area contributed by atoms with Crippen molar-refractivity contribution in [1.82, 2.24) is 0 Å². The van der Waals surface area contributed by atoms with Gasteiger partial charge in [-0.3, -0.25) is 0 Å². The lowest BCUT2D eigenvalue weighted by molar-refractivity contribution is 0.475. The summed E-state index contributed by atoms with van der Waals surface area (Å²) < 4.78 is 6.39. The number of fused-ring (bicyclic) bond motifs is 4. The Kier molecular flexibility index (Phi) is 4.36. The topological polar surface area (TPSA) is 12.5 Å². The van der Waals surface area contributed by atoms with Crippen LogP contribution in [0.3, 0.4) is 0 Å². The Balaban J connectivity index is 1.82. The summed E-state index contributed by atoms with van der Waals surface area (Å²) in [5, 5.41) is 0. The minimum absolute atomic E-state index is 0.188. The number of nitrogens with zero attached hydrogens (tertiary/aromatic N) is 1. The van der Waals surface area contributed by atoms with Crippen LogP contribution in [0, 0.1) is 0 Å². The van der Waals surface area contributed by atoms with Gasteiger partial charge in [-0.25, -0.2) is 0 Å². The summed E-state index contributed by atoms with van der Waals surface area (Å²) in [6.45, 7) is 8.87. The number of rotatable bonds is 1. The second-order valence-corrected chi connectivity index (χ2v) is 8.32. The number of anilines is 3. The first-order chi connectivity index (χ1) is 14.6. The first-order valence-electron chi connectivity index (χ1n) is 10.4. The SMILES string of the molecule is C=C1/C=C\C=C/Cc2c(ccc3c2N(c2ccccc2)c2ccccc2O3)C1(C)C. The first-order valence-corrected chi connectivity index (χ1v) is 10.4. The van der Waals surface area contributed by atoms with Gasteiger partial charge in [-0.2, -0.15) is 0 Å². The van der Waals surface area contributed by atoms with Gasteiger partial charge in [0.25, 0.3) is 0 Å². The maximum Gasteiger partial charge on any atom is 0.151 e. The van der Waals surface area contributed by atoms with Crippen molar-refractivity contribution in [3.63, 3.8) is 0 Å². The number of para-hydroxylation sites is 3. The van der Waals surface area contributed by atoms with Crippen molar-refractivity contribution in [2.45, 2.75) is 25.7 Å². The highest BCUT2D eigenvalue weighted by molar-refractivity contribution is 5.88. The summed E-state index contributed by atoms with van der Waals surface area (Å²) in [5.74, 6) is 1.76. The summed E-state index contributed by atoms with van der Waals surface area (Å²) in [7, 11) is 0. The molecule has 3 aromatic carbocycles. The van der Waals surface area contributed by atoms with Gasteiger partial charge in [0.15, 0.2) is 11.5 Å². The van der Waals surface area contributed by atoms with Crippen molar-refractivity contribution in [1.29, 1.82) is 0 Å². The van der Waals surface area contributed by atoms with E-state index in [1.807, 2.05) is 12.1 Å². The predicted octanol–water partition coefficient (Wildman–Crippen LogP) is 7.76. The minimum Gasteiger partial charge on any atom is -0.453 e. The van der Waals surface area contributed by atoms with Crippen LogP contribution in [0.4, 0.5) is 17.1 Å². The number of allylic oxidation sites excluding steroid dienone is 5. The third kappa shape index (κ3) is 2.88. The van der Waals surface area contributed by atoms with E-state index < -0.39 is 0 Å². The van der Waals surface area contributed by atoms with Crippen molar-refractivity contribution in [2.24, 2.45) is 0 Å². The lowest BCUT2D eigenvalue weighted by atomic mass is 9.75. The molecule has 2 heteroatoms. The Labute approximate surface area is 178 Å². The van der Waals surface area contributed by atoms with Crippen LogP contribution in [0.2, 0.25) is 0 Å². The van der Waals surface area contributed by atoms with E-state index in [2.05, 4.69) is 104 Å². The van der Waals surface area contributed by atoms with E-state index >= 15 is 0 Å². The fourth-order valence-electron chi connectivity index (χ4n) is 4.36. The molecule has 3 aromatic rings. The lowest BCUT2D eigenvalue weighted by Crippen LogP contribution is -2.24. The molecule has 0 bridgehead atoms. The van der Waals surface area contributed by atoms with E-state index in [9.17, 15) is 0 Å². The first kappa shape index (κ1) is 18.5. The van der Waals surface area contributed by atoms with Crippen LogP contribution < -0.4 is 9.64 Å². The molecule has 0 saturated carbocycles. The van der Waals surface area contributed by atoms with Gasteiger partial charge in [0.2, 0.25) is 0 Å². The fraction of sp³-hybridized carbons (Fsp3) is 0.143. The quantitative estimate of drug-likeness (QED) is 0.329. The van der Waals surface area contributed by atoms with E-state index in [0.29, 0.717) is 0 Å². The average molecular weight is 392 g/mol. The molecule has 0 saturated heterocycles. The Morgan fingerprint density at radius 1 is 0.867 bits per heavy atom. The van der Waals surface area contributed by atoms with E-state index in [0.717, 1.165) is 40.6 Å². The standard InChI is InChI=1S/C28H25NO/c1-20-12-6-4-9-15-22-23(28(20,2)3)18-19-26-27(22)29(21-13-7-5-8-14-21)24-16-10-11-17-25(24)30-26/h4-14,16-19H,1,15H2,2-3H3/b9-4-,12-6-. The van der Waals surface area contributed by atoms with Crippen LogP contribution in [0.25, 0.3) is 0 Å². The summed E-state index contributed by atoms with van der Waals surface area (Å²) in [6, 6.07) is 23.1.